The van der Waals surface area contributed by atoms with Crippen molar-refractivity contribution in [2.45, 2.75) is 25.7 Å². The minimum atomic E-state index is -0.322. The van der Waals surface area contributed by atoms with Crippen LogP contribution >= 0.6 is 23.2 Å². The molecular formula is C26H33Cl2N4O4+. The van der Waals surface area contributed by atoms with Crippen LogP contribution in [0.4, 0.5) is 11.4 Å². The normalized spacial score (nSPS) is 16.8. The molecule has 10 heteroatoms. The summed E-state index contributed by atoms with van der Waals surface area (Å²) in [6.45, 7) is 5.40. The van der Waals surface area contributed by atoms with E-state index in [0.29, 0.717) is 29.5 Å². The molecule has 0 bridgehead atoms. The van der Waals surface area contributed by atoms with Crippen molar-refractivity contribution in [3.05, 3.63) is 52.0 Å². The molecule has 2 heterocycles. The zero-order valence-corrected chi connectivity index (χ0v) is 22.0. The number of piperazine rings is 1. The zero-order valence-electron chi connectivity index (χ0n) is 20.5. The Morgan fingerprint density at radius 2 is 1.86 bits per heavy atom. The van der Waals surface area contributed by atoms with Gasteiger partial charge in [0.15, 0.2) is 6.73 Å². The van der Waals surface area contributed by atoms with Gasteiger partial charge in [-0.2, -0.15) is 4.99 Å². The van der Waals surface area contributed by atoms with E-state index < -0.39 is 0 Å². The van der Waals surface area contributed by atoms with Crippen LogP contribution in [0, 0.1) is 0 Å². The fraction of sp³-hybridized carbons (Fsp3) is 0.462. The average molecular weight is 536 g/mol. The molecule has 1 fully saturated rings. The molecule has 0 unspecified atom stereocenters. The molecule has 0 aromatic heterocycles. The van der Waals surface area contributed by atoms with Crippen LogP contribution in [0.5, 0.6) is 5.75 Å². The number of ether oxygens (including phenoxy) is 2. The van der Waals surface area contributed by atoms with Crippen LogP contribution in [0.15, 0.2) is 36.4 Å². The lowest BCUT2D eigenvalue weighted by atomic mass is 10.0. The molecule has 0 spiro atoms. The minimum absolute atomic E-state index is 0.0405. The van der Waals surface area contributed by atoms with Gasteiger partial charge in [-0.3, -0.25) is 14.6 Å². The molecule has 0 saturated carbocycles. The second kappa shape index (κ2) is 12.5. The molecule has 0 atom stereocenters. The lowest BCUT2D eigenvalue weighted by Crippen LogP contribution is -2.69. The van der Waals surface area contributed by atoms with Crippen molar-refractivity contribution in [2.75, 3.05) is 62.9 Å². The second-order valence-corrected chi connectivity index (χ2v) is 9.68. The maximum atomic E-state index is 12.4. The Kier molecular flexibility index (Phi) is 9.18. The van der Waals surface area contributed by atoms with Crippen molar-refractivity contribution in [3.8, 4) is 5.75 Å². The topological polar surface area (TPSA) is 79.5 Å². The number of carbonyl (C=O) groups is 1. The van der Waals surface area contributed by atoms with Gasteiger partial charge in [0.2, 0.25) is 5.91 Å². The Hall–Kier alpha value is -2.68. The molecule has 2 aromatic rings. The fourth-order valence-electron chi connectivity index (χ4n) is 4.52. The lowest BCUT2D eigenvalue weighted by Gasteiger charge is -2.36. The zero-order chi connectivity index (χ0) is 25.5. The van der Waals surface area contributed by atoms with E-state index >= 15 is 0 Å². The van der Waals surface area contributed by atoms with Crippen molar-refractivity contribution in [3.63, 3.8) is 0 Å². The van der Waals surface area contributed by atoms with E-state index in [0.717, 1.165) is 68.3 Å². The third-order valence-corrected chi connectivity index (χ3v) is 7.39. The van der Waals surface area contributed by atoms with E-state index in [-0.39, 0.29) is 18.7 Å². The number of nitrogens with zero attached hydrogens (tertiary/aromatic N) is 3. The maximum Gasteiger partial charge on any atom is 0.546 e. The first kappa shape index (κ1) is 26.4. The monoisotopic (exact) mass is 535 g/mol. The highest BCUT2D eigenvalue weighted by Gasteiger charge is 2.26. The summed E-state index contributed by atoms with van der Waals surface area (Å²) in [5.74, 6) is 0.684. The summed E-state index contributed by atoms with van der Waals surface area (Å²) in [6, 6.07) is 11.6. The van der Waals surface area contributed by atoms with Crippen molar-refractivity contribution in [2.24, 2.45) is 0 Å². The molecule has 2 aromatic carbocycles. The van der Waals surface area contributed by atoms with Crippen LogP contribution in [-0.4, -0.2) is 75.1 Å². The van der Waals surface area contributed by atoms with Gasteiger partial charge in [-0.25, -0.2) is 0 Å². The third kappa shape index (κ3) is 6.55. The van der Waals surface area contributed by atoms with Crippen LogP contribution in [0.3, 0.4) is 0 Å². The summed E-state index contributed by atoms with van der Waals surface area (Å²) >= 11 is 12.5. The highest BCUT2D eigenvalue weighted by molar-refractivity contribution is 6.43. The Morgan fingerprint density at radius 3 is 2.64 bits per heavy atom. The summed E-state index contributed by atoms with van der Waals surface area (Å²) in [4.78, 5) is 21.2. The van der Waals surface area contributed by atoms with Crippen molar-refractivity contribution < 1.29 is 24.4 Å². The van der Waals surface area contributed by atoms with Gasteiger partial charge in [0, 0.05) is 38.7 Å². The molecule has 36 heavy (non-hydrogen) atoms. The van der Waals surface area contributed by atoms with Crippen LogP contribution in [0.1, 0.15) is 24.8 Å². The van der Waals surface area contributed by atoms with Gasteiger partial charge in [-0.15, -0.1) is 0 Å². The number of aryl methyl sites for hydroxylation is 1. The number of hydrogen-bond donors (Lipinski definition) is 2. The molecule has 4 rings (SSSR count). The molecular weight excluding hydrogens is 503 g/mol. The maximum absolute atomic E-state index is 12.4. The van der Waals surface area contributed by atoms with E-state index in [9.17, 15) is 9.90 Å². The number of fused-ring (bicyclic) bond motifs is 1. The molecule has 1 saturated heterocycles. The van der Waals surface area contributed by atoms with Gasteiger partial charge in [-0.05, 0) is 49.6 Å². The predicted molar refractivity (Wildman–Crippen MR) is 143 cm³/mol. The third-order valence-electron chi connectivity index (χ3n) is 6.58. The first-order valence-electron chi connectivity index (χ1n) is 12.3. The number of aliphatic hydroxyl groups excluding tert-OH is 1. The summed E-state index contributed by atoms with van der Waals surface area (Å²) in [5.41, 5.74) is 2.84. The predicted octanol–water partition coefficient (Wildman–Crippen LogP) is 2.85. The Labute approximate surface area is 222 Å². The highest BCUT2D eigenvalue weighted by atomic mass is 35.5. The van der Waals surface area contributed by atoms with Crippen LogP contribution in [0.25, 0.3) is 0 Å². The first-order valence-corrected chi connectivity index (χ1v) is 13.1. The number of rotatable bonds is 9. The summed E-state index contributed by atoms with van der Waals surface area (Å²) in [7, 11) is 1.55. The molecule has 0 aliphatic carbocycles. The van der Waals surface area contributed by atoms with E-state index in [1.807, 2.05) is 36.4 Å². The molecule has 2 aliphatic rings. The lowest BCUT2D eigenvalue weighted by molar-refractivity contribution is -0.444. The summed E-state index contributed by atoms with van der Waals surface area (Å²) < 4.78 is 11.2. The number of nitrogens with one attached hydrogen (secondary N) is 1. The van der Waals surface area contributed by atoms with Gasteiger partial charge >= 0.3 is 6.08 Å². The van der Waals surface area contributed by atoms with Crippen LogP contribution in [0.2, 0.25) is 10.0 Å². The SMILES string of the molecule is C[NH+]=C(O)OCN1C(=O)CCc2ccc(OCCCCN3CCN(c4cccc(Cl)c4Cl)CC3)cc21. The highest BCUT2D eigenvalue weighted by Crippen LogP contribution is 2.33. The van der Waals surface area contributed by atoms with Crippen LogP contribution in [-0.2, 0) is 16.0 Å². The van der Waals surface area contributed by atoms with Crippen molar-refractivity contribution in [1.29, 1.82) is 0 Å². The second-order valence-electron chi connectivity index (χ2n) is 8.90. The van der Waals surface area contributed by atoms with Gasteiger partial charge < -0.3 is 19.5 Å². The van der Waals surface area contributed by atoms with Gasteiger partial charge in [0.25, 0.3) is 0 Å². The minimum Gasteiger partial charge on any atom is -0.494 e. The molecule has 2 aliphatic heterocycles. The van der Waals surface area contributed by atoms with Gasteiger partial charge in [-0.1, -0.05) is 35.3 Å². The summed E-state index contributed by atoms with van der Waals surface area (Å²) in [6.07, 6.45) is 2.76. The van der Waals surface area contributed by atoms with Crippen molar-refractivity contribution in [1.82, 2.24) is 4.90 Å². The Morgan fingerprint density at radius 1 is 1.06 bits per heavy atom. The Balaban J connectivity index is 1.20. The van der Waals surface area contributed by atoms with Gasteiger partial charge in [0.1, 0.15) is 12.8 Å². The summed E-state index contributed by atoms with van der Waals surface area (Å²) in [5, 5.41) is 10.7. The molecule has 8 nitrogen and oxygen atoms in total. The van der Waals surface area contributed by atoms with E-state index in [2.05, 4.69) is 14.8 Å². The van der Waals surface area contributed by atoms with Gasteiger partial charge in [0.05, 0.1) is 28.0 Å². The number of amides is 1. The molecule has 1 amide bonds. The largest absolute Gasteiger partial charge is 0.546 e. The number of aliphatic hydroxyl groups is 1. The van der Waals surface area contributed by atoms with E-state index in [1.54, 1.807) is 7.05 Å². The number of hydrogen-bond acceptors (Lipinski definition) is 5. The van der Waals surface area contributed by atoms with E-state index in [1.165, 1.54) is 4.90 Å². The van der Waals surface area contributed by atoms with Crippen molar-refractivity contribution >= 4 is 46.6 Å². The van der Waals surface area contributed by atoms with Crippen LogP contribution < -0.4 is 19.5 Å². The fourth-order valence-corrected chi connectivity index (χ4v) is 4.94. The standard InChI is InChI=1S/C26H32Cl2N4O4/c1-29-26(34)36-18-32-23-17-20(9-7-19(23)8-10-24(32)33)35-16-3-2-11-30-12-14-31(15-13-30)22-6-4-5-21(27)25(22)28/h4-7,9,17H,2-3,8,10-16,18H2,1H3,(H,29,34)/p+1. The number of unbranched alkanes of at least 4 members (excludes halogenated alkanes) is 1. The first-order chi connectivity index (χ1) is 17.5. The average Bonchev–Trinajstić information content (AvgIpc) is 2.89. The quantitative estimate of drug-likeness (QED) is 0.292. The smallest absolute Gasteiger partial charge is 0.494 e. The van der Waals surface area contributed by atoms with E-state index in [4.69, 9.17) is 32.7 Å². The Bertz CT molecular complexity index is 1090. The molecule has 0 radical (unpaired) electrons. The number of carbonyl (C=O) groups excluding carboxylic acids is 1. The molecule has 2 N–H and O–H groups in total. The number of benzene rings is 2. The number of halogens is 2. The number of anilines is 2. The molecule has 194 valence electrons.